The lowest BCUT2D eigenvalue weighted by atomic mass is 10.1. The molecular weight excluding hydrogens is 262 g/mol. The molecule has 0 radical (unpaired) electrons. The van der Waals surface area contributed by atoms with E-state index in [2.05, 4.69) is 31.0 Å². The van der Waals surface area contributed by atoms with Crippen molar-refractivity contribution in [1.82, 2.24) is 14.5 Å². The second kappa shape index (κ2) is 5.68. The van der Waals surface area contributed by atoms with Crippen LogP contribution in [0.25, 0.3) is 0 Å². The van der Waals surface area contributed by atoms with Gasteiger partial charge in [-0.2, -0.15) is 4.31 Å². The molecule has 1 saturated carbocycles. The number of rotatable bonds is 5. The van der Waals surface area contributed by atoms with Gasteiger partial charge in [0.15, 0.2) is 0 Å². The van der Waals surface area contributed by atoms with Gasteiger partial charge in [-0.3, -0.25) is 4.90 Å². The van der Waals surface area contributed by atoms with Gasteiger partial charge in [0.05, 0.1) is 5.75 Å². The molecule has 1 N–H and O–H groups in total. The highest BCUT2D eigenvalue weighted by Gasteiger charge is 2.31. The van der Waals surface area contributed by atoms with Crippen molar-refractivity contribution in [2.24, 2.45) is 0 Å². The van der Waals surface area contributed by atoms with E-state index in [4.69, 9.17) is 0 Å². The summed E-state index contributed by atoms with van der Waals surface area (Å²) in [5.41, 5.74) is 0.128. The molecule has 1 aliphatic heterocycles. The lowest BCUT2D eigenvalue weighted by Gasteiger charge is -2.41. The van der Waals surface area contributed by atoms with E-state index in [1.165, 1.54) is 12.8 Å². The third-order valence-corrected chi connectivity index (χ3v) is 5.82. The van der Waals surface area contributed by atoms with Crippen LogP contribution < -0.4 is 5.32 Å². The summed E-state index contributed by atoms with van der Waals surface area (Å²) in [7, 11) is -3.08. The first-order chi connectivity index (χ1) is 8.79. The van der Waals surface area contributed by atoms with Crippen molar-refractivity contribution in [3.63, 3.8) is 0 Å². The van der Waals surface area contributed by atoms with E-state index in [-0.39, 0.29) is 11.3 Å². The number of nitrogens with one attached hydrogen (secondary N) is 1. The molecule has 0 aromatic carbocycles. The molecule has 0 amide bonds. The van der Waals surface area contributed by atoms with Crippen molar-refractivity contribution in [1.29, 1.82) is 0 Å². The Hall–Kier alpha value is -0.170. The van der Waals surface area contributed by atoms with Crippen LogP contribution in [-0.4, -0.2) is 67.7 Å². The smallest absolute Gasteiger partial charge is 0.215 e. The third kappa shape index (κ3) is 4.41. The lowest BCUT2D eigenvalue weighted by Crippen LogP contribution is -2.55. The molecule has 0 atom stereocenters. The van der Waals surface area contributed by atoms with Crippen LogP contribution in [0.2, 0.25) is 0 Å². The zero-order valence-electron chi connectivity index (χ0n) is 12.4. The molecule has 2 aliphatic rings. The summed E-state index contributed by atoms with van der Waals surface area (Å²) in [4.78, 5) is 2.35. The van der Waals surface area contributed by atoms with E-state index < -0.39 is 10.0 Å². The van der Waals surface area contributed by atoms with Gasteiger partial charge in [-0.05, 0) is 33.6 Å². The minimum Gasteiger partial charge on any atom is -0.313 e. The minimum absolute atomic E-state index is 0.128. The first kappa shape index (κ1) is 15.2. The van der Waals surface area contributed by atoms with Gasteiger partial charge in [0.2, 0.25) is 10.0 Å². The Morgan fingerprint density at radius 3 is 2.16 bits per heavy atom. The Morgan fingerprint density at radius 1 is 1.11 bits per heavy atom. The average molecular weight is 289 g/mol. The number of piperazine rings is 1. The van der Waals surface area contributed by atoms with E-state index in [0.717, 1.165) is 13.1 Å². The Labute approximate surface area is 117 Å². The lowest BCUT2D eigenvalue weighted by molar-refractivity contribution is 0.0922. The maximum Gasteiger partial charge on any atom is 0.215 e. The van der Waals surface area contributed by atoms with Crippen LogP contribution in [0.1, 0.15) is 33.6 Å². The molecular formula is C13H27N3O2S. The normalized spacial score (nSPS) is 23.7. The van der Waals surface area contributed by atoms with E-state index in [1.54, 1.807) is 4.31 Å². The van der Waals surface area contributed by atoms with Crippen molar-refractivity contribution in [3.8, 4) is 0 Å². The molecule has 0 bridgehead atoms. The second-order valence-electron chi connectivity index (χ2n) is 6.60. The first-order valence-electron chi connectivity index (χ1n) is 7.25. The van der Waals surface area contributed by atoms with Gasteiger partial charge in [0.25, 0.3) is 0 Å². The highest BCUT2D eigenvalue weighted by atomic mass is 32.2. The average Bonchev–Trinajstić information content (AvgIpc) is 3.12. The molecule has 1 aliphatic carbocycles. The molecule has 2 rings (SSSR count). The molecule has 6 heteroatoms. The summed E-state index contributed by atoms with van der Waals surface area (Å²) in [6.07, 6.45) is 2.40. The van der Waals surface area contributed by atoms with Crippen LogP contribution in [0, 0.1) is 0 Å². The van der Waals surface area contributed by atoms with Gasteiger partial charge in [-0.25, -0.2) is 8.42 Å². The number of sulfonamides is 1. The molecule has 5 nitrogen and oxygen atoms in total. The minimum atomic E-state index is -3.08. The van der Waals surface area contributed by atoms with Gasteiger partial charge < -0.3 is 5.32 Å². The van der Waals surface area contributed by atoms with Crippen LogP contribution in [0.5, 0.6) is 0 Å². The van der Waals surface area contributed by atoms with Gasteiger partial charge in [-0.15, -0.1) is 0 Å². The molecule has 0 aromatic rings. The zero-order chi connectivity index (χ0) is 14.1. The quantitative estimate of drug-likeness (QED) is 0.800. The van der Waals surface area contributed by atoms with Crippen molar-refractivity contribution in [3.05, 3.63) is 0 Å². The van der Waals surface area contributed by atoms with Crippen LogP contribution >= 0.6 is 0 Å². The van der Waals surface area contributed by atoms with E-state index in [9.17, 15) is 8.42 Å². The topological polar surface area (TPSA) is 52.7 Å². The monoisotopic (exact) mass is 289 g/mol. The van der Waals surface area contributed by atoms with Crippen molar-refractivity contribution in [2.45, 2.75) is 45.2 Å². The van der Waals surface area contributed by atoms with E-state index >= 15 is 0 Å². The maximum atomic E-state index is 12.2. The summed E-state index contributed by atoms with van der Waals surface area (Å²) in [6.45, 7) is 10.0. The summed E-state index contributed by atoms with van der Waals surface area (Å²) in [6, 6.07) is 0.577. The first-order valence-corrected chi connectivity index (χ1v) is 8.86. The fourth-order valence-electron chi connectivity index (χ4n) is 2.45. The highest BCUT2D eigenvalue weighted by Crippen LogP contribution is 2.19. The van der Waals surface area contributed by atoms with Crippen molar-refractivity contribution < 1.29 is 8.42 Å². The largest absolute Gasteiger partial charge is 0.313 e. The highest BCUT2D eigenvalue weighted by molar-refractivity contribution is 7.89. The Balaban J connectivity index is 1.78. The SMILES string of the molecule is CC(C)(C)N1CCN(S(=O)(=O)CCNC2CC2)CC1. The van der Waals surface area contributed by atoms with Gasteiger partial charge >= 0.3 is 0 Å². The van der Waals surface area contributed by atoms with Gasteiger partial charge in [-0.1, -0.05) is 0 Å². The molecule has 1 heterocycles. The van der Waals surface area contributed by atoms with E-state index in [1.807, 2.05) is 0 Å². The summed E-state index contributed by atoms with van der Waals surface area (Å²) in [5.74, 6) is 0.235. The number of hydrogen-bond donors (Lipinski definition) is 1. The predicted octanol–water partition coefficient (Wildman–Crippen LogP) is 0.484. The van der Waals surface area contributed by atoms with Gasteiger partial charge in [0, 0.05) is 44.3 Å². The molecule has 0 aromatic heterocycles. The Morgan fingerprint density at radius 2 is 1.68 bits per heavy atom. The molecule has 112 valence electrons. The van der Waals surface area contributed by atoms with Crippen LogP contribution in [0.4, 0.5) is 0 Å². The third-order valence-electron chi connectivity index (χ3n) is 3.95. The second-order valence-corrected chi connectivity index (χ2v) is 8.69. The fraction of sp³-hybridized carbons (Fsp3) is 1.00. The molecule has 2 fully saturated rings. The number of hydrogen-bond acceptors (Lipinski definition) is 4. The van der Waals surface area contributed by atoms with Crippen LogP contribution in [0.3, 0.4) is 0 Å². The molecule has 0 spiro atoms. The zero-order valence-corrected chi connectivity index (χ0v) is 13.2. The summed E-state index contributed by atoms with van der Waals surface area (Å²) >= 11 is 0. The van der Waals surface area contributed by atoms with Gasteiger partial charge in [0.1, 0.15) is 0 Å². The predicted molar refractivity (Wildman–Crippen MR) is 77.7 cm³/mol. The van der Waals surface area contributed by atoms with Crippen LogP contribution in [0.15, 0.2) is 0 Å². The number of nitrogens with zero attached hydrogens (tertiary/aromatic N) is 2. The summed E-state index contributed by atoms with van der Waals surface area (Å²) in [5, 5.41) is 3.27. The molecule has 19 heavy (non-hydrogen) atoms. The Kier molecular flexibility index (Phi) is 4.55. The molecule has 1 saturated heterocycles. The molecule has 0 unspecified atom stereocenters. The standard InChI is InChI=1S/C13H27N3O2S/c1-13(2,3)15-7-9-16(10-8-15)19(17,18)11-6-14-12-4-5-12/h12,14H,4-11H2,1-3H3. The van der Waals surface area contributed by atoms with Crippen molar-refractivity contribution in [2.75, 3.05) is 38.5 Å². The van der Waals surface area contributed by atoms with Crippen LogP contribution in [-0.2, 0) is 10.0 Å². The Bertz CT molecular complexity index is 391. The fourth-order valence-corrected chi connectivity index (χ4v) is 3.80. The van der Waals surface area contributed by atoms with Crippen molar-refractivity contribution >= 4 is 10.0 Å². The summed E-state index contributed by atoms with van der Waals surface area (Å²) < 4.78 is 26.1. The maximum absolute atomic E-state index is 12.2. The van der Waals surface area contributed by atoms with E-state index in [0.29, 0.717) is 25.7 Å².